The van der Waals surface area contributed by atoms with Crippen LogP contribution in [0.5, 0.6) is 0 Å². The molecule has 1 aromatic carbocycles. The number of imidazole rings is 2. The van der Waals surface area contributed by atoms with Crippen LogP contribution in [0.2, 0.25) is 0 Å². The zero-order valence-electron chi connectivity index (χ0n) is 14.8. The van der Waals surface area contributed by atoms with Gasteiger partial charge in [-0.15, -0.1) is 0 Å². The van der Waals surface area contributed by atoms with Crippen molar-refractivity contribution < 1.29 is 9.18 Å². The lowest BCUT2D eigenvalue weighted by atomic mass is 10.1. The van der Waals surface area contributed by atoms with Crippen LogP contribution >= 0.6 is 0 Å². The normalized spacial score (nSPS) is 15.3. The molecule has 1 saturated carbocycles. The monoisotopic (exact) mass is 355 g/mol. The second kappa shape index (κ2) is 6.55. The largest absolute Gasteiger partial charge is 0.355 e. The maximum Gasteiger partial charge on any atom is 0.220 e. The first-order chi connectivity index (χ1) is 12.5. The zero-order chi connectivity index (χ0) is 18.1. The van der Waals surface area contributed by atoms with Crippen molar-refractivity contribution in [2.45, 2.75) is 39.2 Å². The van der Waals surface area contributed by atoms with Crippen LogP contribution in [0.25, 0.3) is 11.0 Å². The third-order valence-corrected chi connectivity index (χ3v) is 5.13. The van der Waals surface area contributed by atoms with Crippen molar-refractivity contribution in [2.24, 2.45) is 5.41 Å². The van der Waals surface area contributed by atoms with Crippen LogP contribution in [0.3, 0.4) is 0 Å². The van der Waals surface area contributed by atoms with E-state index in [4.69, 9.17) is 0 Å². The van der Waals surface area contributed by atoms with E-state index in [1.165, 1.54) is 12.1 Å². The fourth-order valence-corrected chi connectivity index (χ4v) is 3.26. The molecule has 2 N–H and O–H groups in total. The molecule has 2 aromatic heterocycles. The van der Waals surface area contributed by atoms with E-state index in [1.807, 2.05) is 19.3 Å². The van der Waals surface area contributed by atoms with Crippen LogP contribution in [0.1, 0.15) is 30.9 Å². The maximum atomic E-state index is 13.2. The van der Waals surface area contributed by atoms with Gasteiger partial charge in [-0.1, -0.05) is 0 Å². The number of halogens is 1. The maximum absolute atomic E-state index is 13.2. The van der Waals surface area contributed by atoms with E-state index in [9.17, 15) is 9.18 Å². The van der Waals surface area contributed by atoms with Gasteiger partial charge in [-0.05, 0) is 38.0 Å². The summed E-state index contributed by atoms with van der Waals surface area (Å²) in [6, 6.07) is 4.44. The summed E-state index contributed by atoms with van der Waals surface area (Å²) >= 11 is 0. The number of nitrogens with one attached hydrogen (secondary N) is 2. The average Bonchev–Trinajstić information content (AvgIpc) is 3.08. The second-order valence-corrected chi connectivity index (χ2v) is 7.22. The summed E-state index contributed by atoms with van der Waals surface area (Å²) in [5.41, 5.74) is 1.54. The van der Waals surface area contributed by atoms with Gasteiger partial charge in [-0.2, -0.15) is 0 Å². The molecule has 26 heavy (non-hydrogen) atoms. The molecule has 1 fully saturated rings. The lowest BCUT2D eigenvalue weighted by molar-refractivity contribution is -0.121. The number of aromatic amines is 1. The Balaban J connectivity index is 1.28. The van der Waals surface area contributed by atoms with Gasteiger partial charge in [-0.3, -0.25) is 4.79 Å². The second-order valence-electron chi connectivity index (χ2n) is 7.22. The van der Waals surface area contributed by atoms with Gasteiger partial charge in [0.25, 0.3) is 0 Å². The first-order valence-electron chi connectivity index (χ1n) is 8.92. The zero-order valence-corrected chi connectivity index (χ0v) is 14.8. The number of hydrogen-bond acceptors (Lipinski definition) is 3. The molecule has 0 unspecified atom stereocenters. The molecule has 0 bridgehead atoms. The van der Waals surface area contributed by atoms with Crippen molar-refractivity contribution >= 4 is 16.9 Å². The molecular formula is C19H22FN5O. The van der Waals surface area contributed by atoms with E-state index in [-0.39, 0.29) is 17.1 Å². The SMILES string of the molecule is Cc1nccn1CC1(CNC(=O)CCc2nc3ccc(F)cc3[nH]2)CC1. The Labute approximate surface area is 150 Å². The predicted octanol–water partition coefficient (Wildman–Crippen LogP) is 2.74. The van der Waals surface area contributed by atoms with Gasteiger partial charge in [-0.25, -0.2) is 14.4 Å². The molecule has 0 spiro atoms. The van der Waals surface area contributed by atoms with Crippen LogP contribution in [0.15, 0.2) is 30.6 Å². The fourth-order valence-electron chi connectivity index (χ4n) is 3.26. The molecule has 4 rings (SSSR count). The molecule has 0 saturated heterocycles. The number of aryl methyl sites for hydroxylation is 2. The highest BCUT2D eigenvalue weighted by Crippen LogP contribution is 2.46. The number of hydrogen-bond donors (Lipinski definition) is 2. The van der Waals surface area contributed by atoms with Crippen molar-refractivity contribution in [1.82, 2.24) is 24.8 Å². The lowest BCUT2D eigenvalue weighted by Gasteiger charge is -2.17. The van der Waals surface area contributed by atoms with E-state index in [2.05, 4.69) is 24.8 Å². The van der Waals surface area contributed by atoms with E-state index >= 15 is 0 Å². The van der Waals surface area contributed by atoms with Crippen LogP contribution < -0.4 is 5.32 Å². The Hall–Kier alpha value is -2.70. The number of carbonyl (C=O) groups is 1. The summed E-state index contributed by atoms with van der Waals surface area (Å²) in [5.74, 6) is 1.43. The van der Waals surface area contributed by atoms with Gasteiger partial charge >= 0.3 is 0 Å². The van der Waals surface area contributed by atoms with Gasteiger partial charge in [0.15, 0.2) is 0 Å². The topological polar surface area (TPSA) is 75.6 Å². The van der Waals surface area contributed by atoms with E-state index in [0.29, 0.717) is 30.7 Å². The molecule has 0 atom stereocenters. The van der Waals surface area contributed by atoms with Gasteiger partial charge in [0, 0.05) is 43.7 Å². The number of aromatic nitrogens is 4. The molecule has 7 heteroatoms. The molecule has 1 aliphatic carbocycles. The third kappa shape index (κ3) is 3.61. The van der Waals surface area contributed by atoms with Gasteiger partial charge < -0.3 is 14.9 Å². The molecule has 0 radical (unpaired) electrons. The third-order valence-electron chi connectivity index (χ3n) is 5.13. The number of nitrogens with zero attached hydrogens (tertiary/aromatic N) is 3. The van der Waals surface area contributed by atoms with Gasteiger partial charge in [0.2, 0.25) is 5.91 Å². The minimum atomic E-state index is -0.298. The van der Waals surface area contributed by atoms with Crippen LogP contribution in [-0.4, -0.2) is 32.0 Å². The highest BCUT2D eigenvalue weighted by molar-refractivity contribution is 5.77. The number of rotatable bonds is 7. The molecule has 0 aliphatic heterocycles. The predicted molar refractivity (Wildman–Crippen MR) is 96.0 cm³/mol. The average molecular weight is 355 g/mol. The quantitative estimate of drug-likeness (QED) is 0.684. The molecule has 6 nitrogen and oxygen atoms in total. The van der Waals surface area contributed by atoms with E-state index in [0.717, 1.165) is 30.7 Å². The summed E-state index contributed by atoms with van der Waals surface area (Å²) in [4.78, 5) is 23.9. The van der Waals surface area contributed by atoms with Crippen molar-refractivity contribution in [1.29, 1.82) is 0 Å². The molecule has 2 heterocycles. The summed E-state index contributed by atoms with van der Waals surface area (Å²) in [6.45, 7) is 3.58. The smallest absolute Gasteiger partial charge is 0.220 e. The summed E-state index contributed by atoms with van der Waals surface area (Å²) in [7, 11) is 0. The fraction of sp³-hybridized carbons (Fsp3) is 0.421. The lowest BCUT2D eigenvalue weighted by Crippen LogP contribution is -2.32. The molecular weight excluding hydrogens is 333 g/mol. The first kappa shape index (κ1) is 16.8. The number of benzene rings is 1. The Bertz CT molecular complexity index is 940. The molecule has 1 aliphatic rings. The Morgan fingerprint density at radius 3 is 3.00 bits per heavy atom. The van der Waals surface area contributed by atoms with Crippen LogP contribution in [-0.2, 0) is 17.8 Å². The van der Waals surface area contributed by atoms with Crippen molar-refractivity contribution in [3.63, 3.8) is 0 Å². The van der Waals surface area contributed by atoms with E-state index in [1.54, 1.807) is 6.07 Å². The van der Waals surface area contributed by atoms with Crippen molar-refractivity contribution in [2.75, 3.05) is 6.54 Å². The Kier molecular flexibility index (Phi) is 4.22. The minimum absolute atomic E-state index is 0.0188. The van der Waals surface area contributed by atoms with Gasteiger partial charge in [0.1, 0.15) is 17.5 Å². The molecule has 3 aromatic rings. The van der Waals surface area contributed by atoms with Gasteiger partial charge in [0.05, 0.1) is 11.0 Å². The Morgan fingerprint density at radius 1 is 1.42 bits per heavy atom. The molecule has 136 valence electrons. The Morgan fingerprint density at radius 2 is 2.27 bits per heavy atom. The van der Waals surface area contributed by atoms with Crippen LogP contribution in [0.4, 0.5) is 4.39 Å². The standard InChI is InChI=1S/C19H22FN5O/c1-13-21-8-9-25(13)12-19(6-7-19)11-22-18(26)5-4-17-23-15-3-2-14(20)10-16(15)24-17/h2-3,8-10H,4-7,11-12H2,1H3,(H,22,26)(H,23,24). The number of fused-ring (bicyclic) bond motifs is 1. The summed E-state index contributed by atoms with van der Waals surface area (Å²) < 4.78 is 15.4. The molecule has 1 amide bonds. The van der Waals surface area contributed by atoms with Crippen LogP contribution in [0, 0.1) is 18.2 Å². The number of carbonyl (C=O) groups excluding carboxylic acids is 1. The number of amides is 1. The summed E-state index contributed by atoms with van der Waals surface area (Å²) in [5, 5.41) is 3.06. The van der Waals surface area contributed by atoms with E-state index < -0.39 is 0 Å². The number of H-pyrrole nitrogens is 1. The highest BCUT2D eigenvalue weighted by atomic mass is 19.1. The minimum Gasteiger partial charge on any atom is -0.355 e. The van der Waals surface area contributed by atoms with Crippen molar-refractivity contribution in [3.05, 3.63) is 48.1 Å². The van der Waals surface area contributed by atoms with Crippen molar-refractivity contribution in [3.8, 4) is 0 Å². The first-order valence-corrected chi connectivity index (χ1v) is 8.92. The highest BCUT2D eigenvalue weighted by Gasteiger charge is 2.43. The summed E-state index contributed by atoms with van der Waals surface area (Å²) in [6.07, 6.45) is 6.92.